The van der Waals surface area contributed by atoms with E-state index in [4.69, 9.17) is 4.74 Å². The molecule has 0 unspecified atom stereocenters. The van der Waals surface area contributed by atoms with Gasteiger partial charge in [-0.25, -0.2) is 22.3 Å². The normalized spacial score (nSPS) is 11.5. The third-order valence-electron chi connectivity index (χ3n) is 3.61. The van der Waals surface area contributed by atoms with Crippen LogP contribution in [-0.4, -0.2) is 44.9 Å². The number of aromatic carboxylic acids is 1. The van der Waals surface area contributed by atoms with E-state index in [1.54, 1.807) is 0 Å². The lowest BCUT2D eigenvalue weighted by atomic mass is 10.0. The molecule has 7 nitrogen and oxygen atoms in total. The van der Waals surface area contributed by atoms with Crippen molar-refractivity contribution >= 4 is 16.0 Å². The molecule has 0 spiro atoms. The van der Waals surface area contributed by atoms with Gasteiger partial charge < -0.3 is 14.9 Å². The number of aliphatic hydroxyl groups is 1. The van der Waals surface area contributed by atoms with Crippen LogP contribution in [0.25, 0.3) is 11.1 Å². The molecule has 0 aromatic heterocycles. The van der Waals surface area contributed by atoms with Gasteiger partial charge in [0.25, 0.3) is 0 Å². The first-order chi connectivity index (χ1) is 12.3. The van der Waals surface area contributed by atoms with E-state index in [0.29, 0.717) is 5.56 Å². The molecule has 2 aromatic carbocycles. The Balaban J connectivity index is 2.54. The second kappa shape index (κ2) is 8.37. The lowest BCUT2D eigenvalue weighted by molar-refractivity contribution is 0.0696. The van der Waals surface area contributed by atoms with Gasteiger partial charge in [-0.3, -0.25) is 0 Å². The fourth-order valence-corrected chi connectivity index (χ4v) is 3.36. The molecule has 0 atom stereocenters. The van der Waals surface area contributed by atoms with E-state index in [1.807, 2.05) is 0 Å². The van der Waals surface area contributed by atoms with E-state index in [-0.39, 0.29) is 34.7 Å². The molecule has 0 fully saturated rings. The summed E-state index contributed by atoms with van der Waals surface area (Å²) in [5.41, 5.74) is 0.439. The van der Waals surface area contributed by atoms with E-state index >= 15 is 0 Å². The number of hydrogen-bond donors (Lipinski definition) is 3. The minimum atomic E-state index is -3.96. The van der Waals surface area contributed by atoms with E-state index in [0.717, 1.165) is 12.1 Å². The molecule has 0 aliphatic heterocycles. The minimum Gasteiger partial charge on any atom is -0.478 e. The Hall–Kier alpha value is -2.33. The number of aliphatic hydroxyl groups excluding tert-OH is 1. The molecule has 0 saturated carbocycles. The van der Waals surface area contributed by atoms with Gasteiger partial charge in [-0.2, -0.15) is 0 Å². The summed E-state index contributed by atoms with van der Waals surface area (Å²) >= 11 is 0. The van der Waals surface area contributed by atoms with Crippen LogP contribution >= 0.6 is 0 Å². The van der Waals surface area contributed by atoms with Gasteiger partial charge in [0.15, 0.2) is 0 Å². The Labute approximate surface area is 150 Å². The molecular weight excluding hydrogens is 365 g/mol. The predicted molar refractivity (Wildman–Crippen MR) is 91.8 cm³/mol. The predicted octanol–water partition coefficient (Wildman–Crippen LogP) is 1.61. The Bertz CT molecular complexity index is 913. The first-order valence-corrected chi connectivity index (χ1v) is 9.03. The van der Waals surface area contributed by atoms with Crippen LogP contribution in [0.15, 0.2) is 41.3 Å². The van der Waals surface area contributed by atoms with Crippen molar-refractivity contribution in [3.8, 4) is 11.1 Å². The summed E-state index contributed by atoms with van der Waals surface area (Å²) in [6.45, 7) is -0.360. The molecule has 2 aromatic rings. The van der Waals surface area contributed by atoms with Crippen LogP contribution in [0.2, 0.25) is 0 Å². The topological polar surface area (TPSA) is 113 Å². The van der Waals surface area contributed by atoms with Gasteiger partial charge in [-0.1, -0.05) is 6.07 Å². The van der Waals surface area contributed by atoms with Gasteiger partial charge in [-0.05, 0) is 41.5 Å². The van der Waals surface area contributed by atoms with Crippen molar-refractivity contribution in [1.82, 2.24) is 4.72 Å². The number of halogens is 1. The molecule has 140 valence electrons. The van der Waals surface area contributed by atoms with Crippen molar-refractivity contribution in [1.29, 1.82) is 0 Å². The van der Waals surface area contributed by atoms with Crippen molar-refractivity contribution in [2.75, 3.05) is 20.3 Å². The lowest BCUT2D eigenvalue weighted by Crippen LogP contribution is -2.27. The van der Waals surface area contributed by atoms with Crippen LogP contribution in [-0.2, 0) is 21.4 Å². The number of sulfonamides is 1. The van der Waals surface area contributed by atoms with Crippen molar-refractivity contribution in [2.45, 2.75) is 11.5 Å². The summed E-state index contributed by atoms with van der Waals surface area (Å²) in [4.78, 5) is 11.1. The Morgan fingerprint density at radius 2 is 1.92 bits per heavy atom. The van der Waals surface area contributed by atoms with Crippen LogP contribution < -0.4 is 4.72 Å². The third kappa shape index (κ3) is 4.64. The molecular formula is C17H18FNO6S. The molecule has 0 aliphatic rings. The summed E-state index contributed by atoms with van der Waals surface area (Å²) in [6, 6.07) is 7.45. The van der Waals surface area contributed by atoms with Crippen LogP contribution in [0.3, 0.4) is 0 Å². The van der Waals surface area contributed by atoms with Crippen LogP contribution in [0.1, 0.15) is 15.9 Å². The monoisotopic (exact) mass is 383 g/mol. The highest BCUT2D eigenvalue weighted by atomic mass is 32.2. The highest BCUT2D eigenvalue weighted by molar-refractivity contribution is 7.89. The number of carboxylic acids is 1. The molecule has 0 saturated heterocycles. The molecule has 0 bridgehead atoms. The van der Waals surface area contributed by atoms with Gasteiger partial charge in [0, 0.05) is 19.2 Å². The Morgan fingerprint density at radius 1 is 1.19 bits per heavy atom. The SMILES string of the molecule is COCCNS(=O)(=O)c1cc(C(=O)O)cc(-c2ccc(F)c(CO)c2)c1. The maximum Gasteiger partial charge on any atom is 0.335 e. The van der Waals surface area contributed by atoms with Crippen LogP contribution in [0.4, 0.5) is 4.39 Å². The van der Waals surface area contributed by atoms with Gasteiger partial charge in [0.2, 0.25) is 10.0 Å². The average molecular weight is 383 g/mol. The largest absolute Gasteiger partial charge is 0.478 e. The maximum absolute atomic E-state index is 13.6. The quantitative estimate of drug-likeness (QED) is 0.597. The van der Waals surface area contributed by atoms with Crippen LogP contribution in [0, 0.1) is 5.82 Å². The third-order valence-corrected chi connectivity index (χ3v) is 5.05. The molecule has 2 rings (SSSR count). The minimum absolute atomic E-state index is 0.0193. The van der Waals surface area contributed by atoms with Crippen molar-refractivity contribution < 1.29 is 32.6 Å². The zero-order chi connectivity index (χ0) is 19.3. The van der Waals surface area contributed by atoms with Crippen molar-refractivity contribution in [3.63, 3.8) is 0 Å². The molecule has 0 radical (unpaired) electrons. The lowest BCUT2D eigenvalue weighted by Gasteiger charge is -2.11. The average Bonchev–Trinajstić information content (AvgIpc) is 2.61. The maximum atomic E-state index is 13.6. The van der Waals surface area contributed by atoms with Gasteiger partial charge in [0.1, 0.15) is 5.82 Å². The molecule has 3 N–H and O–H groups in total. The summed E-state index contributed by atoms with van der Waals surface area (Å²) in [5.74, 6) is -1.91. The summed E-state index contributed by atoms with van der Waals surface area (Å²) in [6.07, 6.45) is 0. The summed E-state index contributed by atoms with van der Waals surface area (Å²) in [7, 11) is -2.54. The smallest absolute Gasteiger partial charge is 0.335 e. The summed E-state index contributed by atoms with van der Waals surface area (Å²) in [5, 5.41) is 18.5. The van der Waals surface area contributed by atoms with E-state index in [9.17, 15) is 27.8 Å². The van der Waals surface area contributed by atoms with Crippen molar-refractivity contribution in [3.05, 3.63) is 53.3 Å². The molecule has 0 aliphatic carbocycles. The fraction of sp³-hybridized carbons (Fsp3) is 0.235. The molecule has 26 heavy (non-hydrogen) atoms. The van der Waals surface area contributed by atoms with Crippen LogP contribution in [0.5, 0.6) is 0 Å². The van der Waals surface area contributed by atoms with Gasteiger partial charge in [-0.15, -0.1) is 0 Å². The van der Waals surface area contributed by atoms with E-state index < -0.39 is 28.4 Å². The Morgan fingerprint density at radius 3 is 2.54 bits per heavy atom. The zero-order valence-corrected chi connectivity index (χ0v) is 14.7. The highest BCUT2D eigenvalue weighted by Gasteiger charge is 2.18. The number of rotatable bonds is 8. The Kier molecular flexibility index (Phi) is 6.43. The van der Waals surface area contributed by atoms with E-state index in [2.05, 4.69) is 4.72 Å². The second-order valence-electron chi connectivity index (χ2n) is 5.41. The number of carbonyl (C=O) groups is 1. The van der Waals surface area contributed by atoms with Gasteiger partial charge >= 0.3 is 5.97 Å². The number of hydrogen-bond acceptors (Lipinski definition) is 5. The zero-order valence-electron chi connectivity index (χ0n) is 13.9. The number of carboxylic acid groups (broad SMARTS) is 1. The number of methoxy groups -OCH3 is 1. The molecule has 9 heteroatoms. The number of nitrogens with one attached hydrogen (secondary N) is 1. The fourth-order valence-electron chi connectivity index (χ4n) is 2.28. The molecule has 0 heterocycles. The van der Waals surface area contributed by atoms with Crippen molar-refractivity contribution in [2.24, 2.45) is 0 Å². The highest BCUT2D eigenvalue weighted by Crippen LogP contribution is 2.26. The van der Waals surface area contributed by atoms with E-state index in [1.165, 1.54) is 31.4 Å². The number of ether oxygens (including phenoxy) is 1. The standard InChI is InChI=1S/C17H18FNO6S/c1-25-5-4-19-26(23,24)15-8-12(7-13(9-15)17(21)22)11-2-3-16(18)14(6-11)10-20/h2-3,6-9,19-20H,4-5,10H2,1H3,(H,21,22). The second-order valence-corrected chi connectivity index (χ2v) is 7.17. The number of benzene rings is 2. The first-order valence-electron chi connectivity index (χ1n) is 7.55. The first kappa shape index (κ1) is 20.0. The summed E-state index contributed by atoms with van der Waals surface area (Å²) < 4.78 is 45.4. The molecule has 0 amide bonds. The van der Waals surface area contributed by atoms with Gasteiger partial charge in [0.05, 0.1) is 23.7 Å².